The molecule has 5 heteroatoms. The minimum Gasteiger partial charge on any atom is -0.439 e. The van der Waals surface area contributed by atoms with Crippen LogP contribution in [-0.4, -0.2) is 4.98 Å². The highest BCUT2D eigenvalue weighted by Crippen LogP contribution is 2.27. The number of rotatable bonds is 3. The van der Waals surface area contributed by atoms with Crippen molar-refractivity contribution in [2.45, 2.75) is 12.3 Å². The summed E-state index contributed by atoms with van der Waals surface area (Å²) in [5.41, 5.74) is 1.98. The first-order valence-electron chi connectivity index (χ1n) is 5.24. The van der Waals surface area contributed by atoms with Crippen molar-refractivity contribution < 1.29 is 9.13 Å². The standard InChI is InChI=1S/C13H10Br2FNO/c1-8-2-9(6-14)7-17-13(8)18-12-4-10(15)3-11(16)5-12/h2-5,7H,6H2,1H3. The van der Waals surface area contributed by atoms with E-state index in [-0.39, 0.29) is 5.82 Å². The molecule has 2 rings (SSSR count). The summed E-state index contributed by atoms with van der Waals surface area (Å²) < 4.78 is 19.4. The number of alkyl halides is 1. The van der Waals surface area contributed by atoms with Gasteiger partial charge in [-0.2, -0.15) is 0 Å². The predicted octanol–water partition coefficient (Wildman–Crippen LogP) is 4.98. The van der Waals surface area contributed by atoms with E-state index in [0.29, 0.717) is 16.1 Å². The number of ether oxygens (including phenoxy) is 1. The minimum absolute atomic E-state index is 0.353. The fourth-order valence-corrected chi connectivity index (χ4v) is 2.25. The van der Waals surface area contributed by atoms with Crippen molar-refractivity contribution in [3.05, 3.63) is 51.9 Å². The molecular formula is C13H10Br2FNO. The van der Waals surface area contributed by atoms with Crippen molar-refractivity contribution in [2.24, 2.45) is 0 Å². The average molecular weight is 375 g/mol. The van der Waals surface area contributed by atoms with Crippen LogP contribution < -0.4 is 4.74 Å². The molecule has 2 aromatic rings. The van der Waals surface area contributed by atoms with Gasteiger partial charge >= 0.3 is 0 Å². The van der Waals surface area contributed by atoms with E-state index in [1.54, 1.807) is 12.3 Å². The van der Waals surface area contributed by atoms with Crippen molar-refractivity contribution in [3.8, 4) is 11.6 Å². The summed E-state index contributed by atoms with van der Waals surface area (Å²) in [6, 6.07) is 6.37. The molecule has 1 aromatic heterocycles. The summed E-state index contributed by atoms with van der Waals surface area (Å²) >= 11 is 6.59. The fraction of sp³-hybridized carbons (Fsp3) is 0.154. The summed E-state index contributed by atoms with van der Waals surface area (Å²) in [6.45, 7) is 1.91. The Morgan fingerprint density at radius 3 is 2.67 bits per heavy atom. The van der Waals surface area contributed by atoms with Gasteiger partial charge in [-0.25, -0.2) is 9.37 Å². The van der Waals surface area contributed by atoms with Gasteiger partial charge in [-0.3, -0.25) is 0 Å². The lowest BCUT2D eigenvalue weighted by Gasteiger charge is -2.09. The molecule has 0 unspecified atom stereocenters. The van der Waals surface area contributed by atoms with E-state index in [1.165, 1.54) is 12.1 Å². The van der Waals surface area contributed by atoms with Crippen molar-refractivity contribution in [1.29, 1.82) is 0 Å². The first kappa shape index (κ1) is 13.5. The zero-order valence-corrected chi connectivity index (χ0v) is 12.8. The van der Waals surface area contributed by atoms with Crippen molar-refractivity contribution in [3.63, 3.8) is 0 Å². The van der Waals surface area contributed by atoms with Crippen LogP contribution in [0, 0.1) is 12.7 Å². The summed E-state index contributed by atoms with van der Waals surface area (Å²) in [6.07, 6.45) is 1.73. The van der Waals surface area contributed by atoms with Crippen LogP contribution in [0.3, 0.4) is 0 Å². The smallest absolute Gasteiger partial charge is 0.222 e. The summed E-state index contributed by atoms with van der Waals surface area (Å²) in [7, 11) is 0. The van der Waals surface area contributed by atoms with Gasteiger partial charge in [0.25, 0.3) is 0 Å². The molecule has 2 nitrogen and oxygen atoms in total. The Bertz CT molecular complexity index is 555. The van der Waals surface area contributed by atoms with Gasteiger partial charge in [-0.05, 0) is 30.7 Å². The Hall–Kier alpha value is -0.940. The monoisotopic (exact) mass is 373 g/mol. The second-order valence-electron chi connectivity index (χ2n) is 3.81. The first-order chi connectivity index (χ1) is 8.58. The number of nitrogens with zero attached hydrogens (tertiary/aromatic N) is 1. The molecule has 0 amide bonds. The number of aryl methyl sites for hydroxylation is 1. The molecule has 18 heavy (non-hydrogen) atoms. The van der Waals surface area contributed by atoms with Crippen molar-refractivity contribution in [2.75, 3.05) is 0 Å². The minimum atomic E-state index is -0.353. The highest BCUT2D eigenvalue weighted by atomic mass is 79.9. The molecule has 0 radical (unpaired) electrons. The van der Waals surface area contributed by atoms with Gasteiger partial charge in [0.1, 0.15) is 11.6 Å². The molecule has 94 valence electrons. The fourth-order valence-electron chi connectivity index (χ4n) is 1.50. The Balaban J connectivity index is 2.28. The number of hydrogen-bond donors (Lipinski definition) is 0. The molecule has 0 bridgehead atoms. The number of hydrogen-bond acceptors (Lipinski definition) is 2. The molecule has 0 aliphatic carbocycles. The largest absolute Gasteiger partial charge is 0.439 e. The SMILES string of the molecule is Cc1cc(CBr)cnc1Oc1cc(F)cc(Br)c1. The number of halogens is 3. The zero-order chi connectivity index (χ0) is 13.1. The average Bonchev–Trinajstić information content (AvgIpc) is 2.30. The highest BCUT2D eigenvalue weighted by molar-refractivity contribution is 9.10. The Kier molecular flexibility index (Phi) is 4.35. The van der Waals surface area contributed by atoms with Gasteiger partial charge in [0.15, 0.2) is 0 Å². The summed E-state index contributed by atoms with van der Waals surface area (Å²) in [5.74, 6) is 0.551. The van der Waals surface area contributed by atoms with Crippen LogP contribution in [0.1, 0.15) is 11.1 Å². The van der Waals surface area contributed by atoms with Crippen LogP contribution in [0.25, 0.3) is 0 Å². The second kappa shape index (κ2) is 5.80. The van der Waals surface area contributed by atoms with Gasteiger partial charge in [-0.1, -0.05) is 31.9 Å². The third-order valence-electron chi connectivity index (χ3n) is 2.29. The van der Waals surface area contributed by atoms with Crippen LogP contribution in [0.2, 0.25) is 0 Å². The van der Waals surface area contributed by atoms with Gasteiger partial charge in [0, 0.05) is 27.6 Å². The molecular weight excluding hydrogens is 365 g/mol. The lowest BCUT2D eigenvalue weighted by molar-refractivity contribution is 0.453. The molecule has 0 fully saturated rings. The highest BCUT2D eigenvalue weighted by Gasteiger charge is 2.06. The van der Waals surface area contributed by atoms with Gasteiger partial charge < -0.3 is 4.74 Å². The van der Waals surface area contributed by atoms with E-state index in [2.05, 4.69) is 36.8 Å². The number of aromatic nitrogens is 1. The molecule has 0 aliphatic heterocycles. The van der Waals surface area contributed by atoms with Gasteiger partial charge in [0.05, 0.1) is 0 Å². The molecule has 0 atom stereocenters. The van der Waals surface area contributed by atoms with Crippen molar-refractivity contribution >= 4 is 31.9 Å². The van der Waals surface area contributed by atoms with E-state index in [9.17, 15) is 4.39 Å². The molecule has 0 spiro atoms. The Labute approximate surface area is 121 Å². The normalized spacial score (nSPS) is 10.4. The van der Waals surface area contributed by atoms with Crippen LogP contribution >= 0.6 is 31.9 Å². The maximum atomic E-state index is 13.2. The van der Waals surface area contributed by atoms with Crippen LogP contribution in [0.15, 0.2) is 34.9 Å². The van der Waals surface area contributed by atoms with Crippen LogP contribution in [-0.2, 0) is 5.33 Å². The quantitative estimate of drug-likeness (QED) is 0.707. The third-order valence-corrected chi connectivity index (χ3v) is 3.40. The van der Waals surface area contributed by atoms with Gasteiger partial charge in [0.2, 0.25) is 5.88 Å². The lowest BCUT2D eigenvalue weighted by Crippen LogP contribution is -1.93. The summed E-state index contributed by atoms with van der Waals surface area (Å²) in [5, 5.41) is 0.743. The van der Waals surface area contributed by atoms with Crippen molar-refractivity contribution in [1.82, 2.24) is 4.98 Å². The Morgan fingerprint density at radius 1 is 1.28 bits per heavy atom. The Morgan fingerprint density at radius 2 is 2.06 bits per heavy atom. The van der Waals surface area contributed by atoms with E-state index in [1.807, 2.05) is 13.0 Å². The topological polar surface area (TPSA) is 22.1 Å². The van der Waals surface area contributed by atoms with E-state index >= 15 is 0 Å². The van der Waals surface area contributed by atoms with Crippen LogP contribution in [0.4, 0.5) is 4.39 Å². The second-order valence-corrected chi connectivity index (χ2v) is 5.28. The van der Waals surface area contributed by atoms with E-state index in [4.69, 9.17) is 4.74 Å². The maximum Gasteiger partial charge on any atom is 0.222 e. The lowest BCUT2D eigenvalue weighted by atomic mass is 10.2. The molecule has 0 saturated heterocycles. The third kappa shape index (κ3) is 3.29. The molecule has 0 saturated carbocycles. The zero-order valence-electron chi connectivity index (χ0n) is 9.58. The first-order valence-corrected chi connectivity index (χ1v) is 7.15. The predicted molar refractivity (Wildman–Crippen MR) is 75.8 cm³/mol. The molecule has 0 aliphatic rings. The number of benzene rings is 1. The number of pyridine rings is 1. The van der Waals surface area contributed by atoms with Gasteiger partial charge in [-0.15, -0.1) is 0 Å². The maximum absolute atomic E-state index is 13.2. The van der Waals surface area contributed by atoms with E-state index in [0.717, 1.165) is 16.5 Å². The summed E-state index contributed by atoms with van der Waals surface area (Å²) in [4.78, 5) is 4.21. The molecule has 1 heterocycles. The molecule has 1 aromatic carbocycles. The molecule has 0 N–H and O–H groups in total. The van der Waals surface area contributed by atoms with E-state index < -0.39 is 0 Å². The van der Waals surface area contributed by atoms with Crippen LogP contribution in [0.5, 0.6) is 11.6 Å².